The standard InChI is InChI=1S/C20H27N3O2/c1-14-3-4-17-16(11-21-18(17)9-14)10-20(24)23-12-15(2)19(13-23)22-5-7-25-8-6-22/h3-4,9,11,15,19,21H,5-8,10,12-13H2,1-2H3/t15-,19-/m1/s1. The van der Waals surface area contributed by atoms with E-state index in [1.807, 2.05) is 6.20 Å². The number of hydrogen-bond acceptors (Lipinski definition) is 3. The Morgan fingerprint density at radius 3 is 2.88 bits per heavy atom. The van der Waals surface area contributed by atoms with E-state index in [0.29, 0.717) is 18.4 Å². The highest BCUT2D eigenvalue weighted by Gasteiger charge is 2.36. The van der Waals surface area contributed by atoms with Crippen molar-refractivity contribution in [3.05, 3.63) is 35.5 Å². The highest BCUT2D eigenvalue weighted by atomic mass is 16.5. The molecule has 2 aromatic rings. The van der Waals surface area contributed by atoms with Crippen LogP contribution in [0.3, 0.4) is 0 Å². The molecule has 1 N–H and O–H groups in total. The molecule has 5 heteroatoms. The van der Waals surface area contributed by atoms with Gasteiger partial charge in [-0.1, -0.05) is 19.1 Å². The van der Waals surface area contributed by atoms with Crippen molar-refractivity contribution in [2.24, 2.45) is 5.92 Å². The summed E-state index contributed by atoms with van der Waals surface area (Å²) < 4.78 is 5.46. The van der Waals surface area contributed by atoms with Crippen LogP contribution in [0.25, 0.3) is 10.9 Å². The summed E-state index contributed by atoms with van der Waals surface area (Å²) in [5.74, 6) is 0.761. The quantitative estimate of drug-likeness (QED) is 0.931. The van der Waals surface area contributed by atoms with Crippen LogP contribution in [0.15, 0.2) is 24.4 Å². The van der Waals surface area contributed by atoms with E-state index in [0.717, 1.165) is 55.9 Å². The number of fused-ring (bicyclic) bond motifs is 1. The zero-order valence-corrected chi connectivity index (χ0v) is 15.1. The number of carbonyl (C=O) groups excluding carboxylic acids is 1. The van der Waals surface area contributed by atoms with E-state index in [9.17, 15) is 4.79 Å². The molecule has 4 rings (SSSR count). The fourth-order valence-electron chi connectivity index (χ4n) is 4.26. The SMILES string of the molecule is Cc1ccc2c(CC(=O)N3C[C@@H](C)[C@H](N4CCOCC4)C3)c[nH]c2c1. The first-order chi connectivity index (χ1) is 12.1. The Labute approximate surface area is 148 Å². The summed E-state index contributed by atoms with van der Waals surface area (Å²) in [5, 5.41) is 1.16. The van der Waals surface area contributed by atoms with E-state index >= 15 is 0 Å². The highest BCUT2D eigenvalue weighted by Crippen LogP contribution is 2.25. The average molecular weight is 341 g/mol. The molecule has 0 unspecified atom stereocenters. The summed E-state index contributed by atoms with van der Waals surface area (Å²) in [6.07, 6.45) is 2.46. The normalized spacial score (nSPS) is 25.0. The zero-order chi connectivity index (χ0) is 17.4. The largest absolute Gasteiger partial charge is 0.379 e. The smallest absolute Gasteiger partial charge is 0.227 e. The minimum atomic E-state index is 0.240. The summed E-state index contributed by atoms with van der Waals surface area (Å²) in [6.45, 7) is 9.66. The minimum Gasteiger partial charge on any atom is -0.379 e. The Hall–Kier alpha value is -1.85. The second kappa shape index (κ2) is 6.81. The summed E-state index contributed by atoms with van der Waals surface area (Å²) in [6, 6.07) is 6.83. The Morgan fingerprint density at radius 2 is 2.08 bits per heavy atom. The first-order valence-corrected chi connectivity index (χ1v) is 9.28. The summed E-state index contributed by atoms with van der Waals surface area (Å²) in [4.78, 5) is 20.7. The van der Waals surface area contributed by atoms with Crippen molar-refractivity contribution < 1.29 is 9.53 Å². The van der Waals surface area contributed by atoms with E-state index in [1.54, 1.807) is 0 Å². The molecule has 134 valence electrons. The van der Waals surface area contributed by atoms with Gasteiger partial charge in [0, 0.05) is 49.3 Å². The fraction of sp³-hybridized carbons (Fsp3) is 0.550. The molecular weight excluding hydrogens is 314 g/mol. The molecule has 1 aromatic carbocycles. The van der Waals surface area contributed by atoms with E-state index in [4.69, 9.17) is 4.74 Å². The molecule has 0 spiro atoms. The van der Waals surface area contributed by atoms with Crippen molar-refractivity contribution in [2.75, 3.05) is 39.4 Å². The molecule has 2 aliphatic heterocycles. The predicted molar refractivity (Wildman–Crippen MR) is 98.7 cm³/mol. The number of nitrogens with one attached hydrogen (secondary N) is 1. The lowest BCUT2D eigenvalue weighted by Gasteiger charge is -2.34. The molecular formula is C20H27N3O2. The van der Waals surface area contributed by atoms with Gasteiger partial charge >= 0.3 is 0 Å². The second-order valence-corrected chi connectivity index (χ2v) is 7.53. The van der Waals surface area contributed by atoms with Crippen molar-refractivity contribution in [2.45, 2.75) is 26.3 Å². The second-order valence-electron chi connectivity index (χ2n) is 7.53. The van der Waals surface area contributed by atoms with Gasteiger partial charge in [-0.2, -0.15) is 0 Å². The van der Waals surface area contributed by atoms with Crippen LogP contribution in [-0.4, -0.2) is 66.1 Å². The van der Waals surface area contributed by atoms with Crippen LogP contribution in [0.2, 0.25) is 0 Å². The van der Waals surface area contributed by atoms with Crippen molar-refractivity contribution in [3.8, 4) is 0 Å². The number of aromatic nitrogens is 1. The number of nitrogens with zero attached hydrogens (tertiary/aromatic N) is 2. The lowest BCUT2D eigenvalue weighted by Crippen LogP contribution is -2.47. The maximum absolute atomic E-state index is 12.9. The topological polar surface area (TPSA) is 48.6 Å². The fourth-order valence-corrected chi connectivity index (χ4v) is 4.26. The summed E-state index contributed by atoms with van der Waals surface area (Å²) in [7, 11) is 0. The number of morpholine rings is 1. The van der Waals surface area contributed by atoms with Crippen LogP contribution in [0.5, 0.6) is 0 Å². The van der Waals surface area contributed by atoms with Gasteiger partial charge in [0.2, 0.25) is 5.91 Å². The number of carbonyl (C=O) groups is 1. The Balaban J connectivity index is 1.44. The zero-order valence-electron chi connectivity index (χ0n) is 15.1. The summed E-state index contributed by atoms with van der Waals surface area (Å²) >= 11 is 0. The number of aryl methyl sites for hydroxylation is 1. The molecule has 5 nitrogen and oxygen atoms in total. The third-order valence-electron chi connectivity index (χ3n) is 5.70. The monoisotopic (exact) mass is 341 g/mol. The molecule has 2 aliphatic rings. The minimum absolute atomic E-state index is 0.240. The van der Waals surface area contributed by atoms with Gasteiger partial charge in [-0.3, -0.25) is 9.69 Å². The van der Waals surface area contributed by atoms with Gasteiger partial charge in [0.05, 0.1) is 19.6 Å². The van der Waals surface area contributed by atoms with Gasteiger partial charge in [0.25, 0.3) is 0 Å². The predicted octanol–water partition coefficient (Wildman–Crippen LogP) is 2.20. The van der Waals surface area contributed by atoms with E-state index in [1.165, 1.54) is 5.56 Å². The first kappa shape index (κ1) is 16.6. The molecule has 1 aromatic heterocycles. The maximum Gasteiger partial charge on any atom is 0.227 e. The van der Waals surface area contributed by atoms with Gasteiger partial charge in [0.1, 0.15) is 0 Å². The van der Waals surface area contributed by atoms with Gasteiger partial charge in [-0.25, -0.2) is 0 Å². The Morgan fingerprint density at radius 1 is 1.28 bits per heavy atom. The highest BCUT2D eigenvalue weighted by molar-refractivity contribution is 5.89. The van der Waals surface area contributed by atoms with E-state index in [2.05, 4.69) is 46.8 Å². The molecule has 0 bridgehead atoms. The number of benzene rings is 1. The molecule has 25 heavy (non-hydrogen) atoms. The molecule has 1 amide bonds. The van der Waals surface area contributed by atoms with Crippen molar-refractivity contribution >= 4 is 16.8 Å². The number of hydrogen-bond donors (Lipinski definition) is 1. The van der Waals surface area contributed by atoms with Gasteiger partial charge < -0.3 is 14.6 Å². The molecule has 0 radical (unpaired) electrons. The number of likely N-dealkylation sites (tertiary alicyclic amines) is 1. The van der Waals surface area contributed by atoms with Gasteiger partial charge in [0.15, 0.2) is 0 Å². The lowest BCUT2D eigenvalue weighted by atomic mass is 10.0. The van der Waals surface area contributed by atoms with Crippen molar-refractivity contribution in [1.82, 2.24) is 14.8 Å². The van der Waals surface area contributed by atoms with E-state index < -0.39 is 0 Å². The molecule has 3 heterocycles. The number of rotatable bonds is 3. The number of aromatic amines is 1. The molecule has 0 saturated carbocycles. The lowest BCUT2D eigenvalue weighted by molar-refractivity contribution is -0.129. The third-order valence-corrected chi connectivity index (χ3v) is 5.70. The first-order valence-electron chi connectivity index (χ1n) is 9.28. The van der Waals surface area contributed by atoms with Crippen LogP contribution < -0.4 is 0 Å². The van der Waals surface area contributed by atoms with Gasteiger partial charge in [-0.05, 0) is 30.0 Å². The molecule has 2 fully saturated rings. The molecule has 2 saturated heterocycles. The molecule has 2 atom stereocenters. The Bertz CT molecular complexity index is 763. The summed E-state index contributed by atoms with van der Waals surface area (Å²) in [5.41, 5.74) is 3.44. The van der Waals surface area contributed by atoms with Crippen LogP contribution in [0.1, 0.15) is 18.1 Å². The Kier molecular flexibility index (Phi) is 4.52. The maximum atomic E-state index is 12.9. The number of ether oxygens (including phenoxy) is 1. The van der Waals surface area contributed by atoms with Crippen LogP contribution in [-0.2, 0) is 16.0 Å². The molecule has 0 aliphatic carbocycles. The van der Waals surface area contributed by atoms with Gasteiger partial charge in [-0.15, -0.1) is 0 Å². The third kappa shape index (κ3) is 3.31. The number of H-pyrrole nitrogens is 1. The van der Waals surface area contributed by atoms with Crippen LogP contribution in [0.4, 0.5) is 0 Å². The average Bonchev–Trinajstić information content (AvgIpc) is 3.19. The van der Waals surface area contributed by atoms with Crippen LogP contribution in [0, 0.1) is 12.8 Å². The van der Waals surface area contributed by atoms with Crippen molar-refractivity contribution in [1.29, 1.82) is 0 Å². The van der Waals surface area contributed by atoms with Crippen LogP contribution >= 0.6 is 0 Å². The van der Waals surface area contributed by atoms with Crippen molar-refractivity contribution in [3.63, 3.8) is 0 Å². The van der Waals surface area contributed by atoms with E-state index in [-0.39, 0.29) is 5.91 Å². The number of amides is 1.